The number of hydrogen-bond acceptors (Lipinski definition) is 4. The Morgan fingerprint density at radius 3 is 2.16 bits per heavy atom. The molecule has 2 aromatic rings. The molecule has 3 rings (SSSR count). The Hall–Kier alpha value is -2.04. The van der Waals surface area contributed by atoms with Crippen LogP contribution in [0.4, 0.5) is 18.9 Å². The molecule has 0 aliphatic carbocycles. The summed E-state index contributed by atoms with van der Waals surface area (Å²) in [5.41, 5.74) is 0.312. The molecule has 1 aliphatic heterocycles. The molecule has 0 spiro atoms. The lowest BCUT2D eigenvalue weighted by molar-refractivity contribution is 0.00578. The third-order valence-electron chi connectivity index (χ3n) is 5.55. The molecule has 0 bridgehead atoms. The number of rotatable bonds is 7. The average molecular weight is 455 g/mol. The van der Waals surface area contributed by atoms with Crippen LogP contribution in [0.3, 0.4) is 0 Å². The molecule has 31 heavy (non-hydrogen) atoms. The van der Waals surface area contributed by atoms with Crippen LogP contribution in [-0.4, -0.2) is 28.3 Å². The molecule has 2 aromatic carbocycles. The molecule has 5 nitrogen and oxygen atoms in total. The van der Waals surface area contributed by atoms with E-state index in [1.54, 1.807) is 31.2 Å². The maximum absolute atomic E-state index is 13.2. The lowest BCUT2D eigenvalue weighted by Crippen LogP contribution is -2.41. The van der Waals surface area contributed by atoms with Crippen LogP contribution in [0.5, 0.6) is 5.75 Å². The summed E-state index contributed by atoms with van der Waals surface area (Å²) in [4.78, 5) is 0. The van der Waals surface area contributed by atoms with E-state index in [-0.39, 0.29) is 17.3 Å². The second-order valence-electron chi connectivity index (χ2n) is 8.32. The molecular weight excluding hydrogens is 430 g/mol. The molecule has 0 saturated carbocycles. The summed E-state index contributed by atoms with van der Waals surface area (Å²) < 4.78 is 70.9. The van der Waals surface area contributed by atoms with Crippen molar-refractivity contribution < 1.29 is 31.4 Å². The van der Waals surface area contributed by atoms with Gasteiger partial charge in [-0.2, -0.15) is 8.78 Å². The van der Waals surface area contributed by atoms with Crippen LogP contribution in [0.1, 0.15) is 46.3 Å². The fraction of sp³-hybridized carbons (Fsp3) is 0.429. The van der Waals surface area contributed by atoms with Crippen molar-refractivity contribution in [3.05, 3.63) is 53.8 Å². The predicted molar refractivity (Wildman–Crippen MR) is 115 cm³/mol. The fourth-order valence-corrected chi connectivity index (χ4v) is 3.47. The van der Waals surface area contributed by atoms with E-state index in [9.17, 15) is 17.4 Å². The van der Waals surface area contributed by atoms with Crippen molar-refractivity contribution in [3.63, 3.8) is 0 Å². The largest absolute Gasteiger partial charge is 0.494 e. The van der Waals surface area contributed by atoms with Gasteiger partial charge in [0.2, 0.25) is 0 Å². The molecule has 1 saturated heterocycles. The predicted octanol–water partition coefficient (Wildman–Crippen LogP) is 4.56. The van der Waals surface area contributed by atoms with Crippen molar-refractivity contribution in [2.24, 2.45) is 0 Å². The third kappa shape index (κ3) is 5.24. The van der Waals surface area contributed by atoms with E-state index in [2.05, 4.69) is 4.72 Å². The smallest absolute Gasteiger partial charge is 0.484 e. The monoisotopic (exact) mass is 455 g/mol. The van der Waals surface area contributed by atoms with Crippen LogP contribution in [0, 0.1) is 5.82 Å². The highest BCUT2D eigenvalue weighted by molar-refractivity contribution is 7.86. The van der Waals surface area contributed by atoms with Crippen molar-refractivity contribution in [1.82, 2.24) is 0 Å². The first-order chi connectivity index (χ1) is 14.4. The highest BCUT2D eigenvalue weighted by Gasteiger charge is 2.51. The fourth-order valence-electron chi connectivity index (χ4n) is 2.99. The van der Waals surface area contributed by atoms with Crippen LogP contribution in [0.25, 0.3) is 0 Å². The Labute approximate surface area is 183 Å². The molecule has 1 N–H and O–H groups in total. The van der Waals surface area contributed by atoms with E-state index in [1.165, 1.54) is 18.2 Å². The summed E-state index contributed by atoms with van der Waals surface area (Å²) in [7, 11) is -3.30. The standard InChI is InChI=1S/C21H25BF3NO4S/c1-13(14-6-9-16(23)10-7-14)28-18-12-15(8-11-17(18)26-31(27)19(24)25)22-29-20(2,3)21(4,5)30-22/h6-13,19,26H,1-5H3. The molecule has 0 amide bonds. The molecule has 2 atom stereocenters. The minimum Gasteiger partial charge on any atom is -0.484 e. The summed E-state index contributed by atoms with van der Waals surface area (Å²) in [6, 6.07) is 10.5. The zero-order chi connectivity index (χ0) is 23.0. The molecule has 2 unspecified atom stereocenters. The lowest BCUT2D eigenvalue weighted by Gasteiger charge is -2.32. The lowest BCUT2D eigenvalue weighted by atomic mass is 9.79. The quantitative estimate of drug-likeness (QED) is 0.622. The van der Waals surface area contributed by atoms with E-state index in [0.717, 1.165) is 0 Å². The normalized spacial score (nSPS) is 19.3. The second kappa shape index (κ2) is 8.84. The van der Waals surface area contributed by atoms with Crippen molar-refractivity contribution in [3.8, 4) is 5.75 Å². The zero-order valence-electron chi connectivity index (χ0n) is 17.9. The topological polar surface area (TPSA) is 56.8 Å². The van der Waals surface area contributed by atoms with Gasteiger partial charge in [0.25, 0.3) is 0 Å². The van der Waals surface area contributed by atoms with E-state index in [0.29, 0.717) is 11.0 Å². The van der Waals surface area contributed by atoms with Gasteiger partial charge in [-0.15, -0.1) is 0 Å². The van der Waals surface area contributed by atoms with Gasteiger partial charge in [-0.05, 0) is 69.9 Å². The first kappa shape index (κ1) is 23.6. The van der Waals surface area contributed by atoms with Crippen LogP contribution in [-0.2, 0) is 20.3 Å². The van der Waals surface area contributed by atoms with E-state index >= 15 is 0 Å². The highest BCUT2D eigenvalue weighted by atomic mass is 32.2. The Balaban J connectivity index is 1.92. The van der Waals surface area contributed by atoms with E-state index < -0.39 is 41.2 Å². The van der Waals surface area contributed by atoms with Gasteiger partial charge >= 0.3 is 12.9 Å². The molecule has 0 aromatic heterocycles. The number of benzene rings is 2. The number of hydrogen-bond donors (Lipinski definition) is 1. The molecule has 10 heteroatoms. The number of halogens is 3. The van der Waals surface area contributed by atoms with Crippen molar-refractivity contribution >= 4 is 29.3 Å². The maximum atomic E-state index is 13.2. The third-order valence-corrected chi connectivity index (χ3v) is 6.29. The van der Waals surface area contributed by atoms with Gasteiger partial charge in [-0.25, -0.2) is 8.60 Å². The van der Waals surface area contributed by atoms with Gasteiger partial charge in [-0.3, -0.25) is 4.72 Å². The van der Waals surface area contributed by atoms with Gasteiger partial charge in [0.1, 0.15) is 17.7 Å². The van der Waals surface area contributed by atoms with Gasteiger partial charge < -0.3 is 14.0 Å². The first-order valence-electron chi connectivity index (χ1n) is 9.77. The van der Waals surface area contributed by atoms with Crippen LogP contribution in [0.2, 0.25) is 0 Å². The summed E-state index contributed by atoms with van der Waals surface area (Å²) in [5.74, 6) is -3.25. The summed E-state index contributed by atoms with van der Waals surface area (Å²) in [6.07, 6.45) is -0.533. The van der Waals surface area contributed by atoms with Crippen LogP contribution < -0.4 is 14.9 Å². The molecular formula is C21H25BF3NO4S. The van der Waals surface area contributed by atoms with Crippen LogP contribution >= 0.6 is 0 Å². The number of alkyl halides is 2. The second-order valence-corrected chi connectivity index (χ2v) is 9.47. The Morgan fingerprint density at radius 2 is 1.61 bits per heavy atom. The van der Waals surface area contributed by atoms with Gasteiger partial charge in [-0.1, -0.05) is 18.2 Å². The minimum atomic E-state index is -3.06. The van der Waals surface area contributed by atoms with Gasteiger partial charge in [0, 0.05) is 0 Å². The summed E-state index contributed by atoms with van der Waals surface area (Å²) in [6.45, 7) is 9.42. The number of anilines is 1. The maximum Gasteiger partial charge on any atom is 0.494 e. The SMILES string of the molecule is CC(Oc1cc(B2OC(C)(C)C(C)(C)O2)ccc1NS(=O)C(F)F)c1ccc(F)cc1. The van der Waals surface area contributed by atoms with Crippen LogP contribution in [0.15, 0.2) is 42.5 Å². The molecule has 168 valence electrons. The van der Waals surface area contributed by atoms with Gasteiger partial charge in [0.05, 0.1) is 16.9 Å². The summed E-state index contributed by atoms with van der Waals surface area (Å²) >= 11 is 0. The van der Waals surface area contributed by atoms with E-state index in [1.807, 2.05) is 27.7 Å². The molecule has 0 radical (unpaired) electrons. The minimum absolute atomic E-state index is 0.132. The highest BCUT2D eigenvalue weighted by Crippen LogP contribution is 2.37. The van der Waals surface area contributed by atoms with Crippen molar-refractivity contribution in [1.29, 1.82) is 0 Å². The van der Waals surface area contributed by atoms with Gasteiger partial charge in [0.15, 0.2) is 11.0 Å². The van der Waals surface area contributed by atoms with E-state index in [4.69, 9.17) is 14.0 Å². The number of ether oxygens (including phenoxy) is 1. The molecule has 1 fully saturated rings. The van der Waals surface area contributed by atoms with Crippen molar-refractivity contribution in [2.75, 3.05) is 4.72 Å². The molecule has 1 aliphatic rings. The molecule has 1 heterocycles. The van der Waals surface area contributed by atoms with Crippen molar-refractivity contribution in [2.45, 2.75) is 57.7 Å². The Morgan fingerprint density at radius 1 is 1.03 bits per heavy atom. The Kier molecular flexibility index (Phi) is 6.74. The number of nitrogens with one attached hydrogen (secondary N) is 1. The summed E-state index contributed by atoms with van der Waals surface area (Å²) in [5, 5.41) is 0. The zero-order valence-corrected chi connectivity index (χ0v) is 18.8. The Bertz CT molecular complexity index is 940. The first-order valence-corrected chi connectivity index (χ1v) is 11.0. The average Bonchev–Trinajstić information content (AvgIpc) is 2.90.